The first-order chi connectivity index (χ1) is 10.0. The Hall–Kier alpha value is -0.340. The zero-order chi connectivity index (χ0) is 15.7. The summed E-state index contributed by atoms with van der Waals surface area (Å²) >= 11 is 0. The van der Waals surface area contributed by atoms with Crippen LogP contribution in [0.3, 0.4) is 0 Å². The van der Waals surface area contributed by atoms with E-state index < -0.39 is 7.37 Å². The smallest absolute Gasteiger partial charge is 0.309 e. The van der Waals surface area contributed by atoms with E-state index in [1.807, 2.05) is 20.8 Å². The van der Waals surface area contributed by atoms with Gasteiger partial charge in [0.15, 0.2) is 0 Å². The Morgan fingerprint density at radius 2 is 1.81 bits per heavy atom. The highest BCUT2D eigenvalue weighted by molar-refractivity contribution is 7.59. The van der Waals surface area contributed by atoms with E-state index in [4.69, 9.17) is 9.26 Å². The van der Waals surface area contributed by atoms with Crippen molar-refractivity contribution in [1.29, 1.82) is 0 Å². The van der Waals surface area contributed by atoms with Crippen molar-refractivity contribution in [2.24, 2.45) is 11.8 Å². The molecule has 0 aromatic rings. The van der Waals surface area contributed by atoms with Crippen LogP contribution in [0.4, 0.5) is 0 Å². The van der Waals surface area contributed by atoms with Crippen molar-refractivity contribution >= 4 is 13.3 Å². The van der Waals surface area contributed by atoms with Gasteiger partial charge in [0, 0.05) is 12.3 Å². The van der Waals surface area contributed by atoms with Gasteiger partial charge in [0.1, 0.15) is 0 Å². The van der Waals surface area contributed by atoms with Crippen molar-refractivity contribution in [3.8, 4) is 0 Å². The minimum atomic E-state index is -2.70. The number of carbonyl (C=O) groups is 1. The van der Waals surface area contributed by atoms with Crippen molar-refractivity contribution in [3.63, 3.8) is 0 Å². The number of esters is 1. The largest absolute Gasteiger partial charge is 0.466 e. The monoisotopic (exact) mass is 318 g/mol. The SMILES string of the molecule is CCOC(=O)C(CC1CCCCC1)CP(=O)(CC)OCC. The van der Waals surface area contributed by atoms with E-state index in [9.17, 15) is 9.36 Å². The van der Waals surface area contributed by atoms with Gasteiger partial charge in [0.05, 0.1) is 19.1 Å². The van der Waals surface area contributed by atoms with E-state index in [0.29, 0.717) is 31.5 Å². The Morgan fingerprint density at radius 1 is 1.14 bits per heavy atom. The Bertz CT molecular complexity index is 350. The molecular formula is C16H31O4P. The third-order valence-electron chi connectivity index (χ3n) is 4.31. The highest BCUT2D eigenvalue weighted by atomic mass is 31.2. The summed E-state index contributed by atoms with van der Waals surface area (Å²) in [6, 6.07) is 0. The first kappa shape index (κ1) is 18.7. The molecule has 1 aliphatic rings. The molecule has 1 saturated carbocycles. The molecule has 0 N–H and O–H groups in total. The van der Waals surface area contributed by atoms with Gasteiger partial charge in [-0.3, -0.25) is 9.36 Å². The summed E-state index contributed by atoms with van der Waals surface area (Å²) in [5.41, 5.74) is 0. The molecule has 0 aliphatic heterocycles. The lowest BCUT2D eigenvalue weighted by molar-refractivity contribution is -0.148. The Kier molecular flexibility index (Phi) is 8.58. The second kappa shape index (κ2) is 9.63. The van der Waals surface area contributed by atoms with Gasteiger partial charge in [-0.05, 0) is 26.2 Å². The van der Waals surface area contributed by atoms with Gasteiger partial charge in [-0.15, -0.1) is 0 Å². The molecule has 0 bridgehead atoms. The molecule has 124 valence electrons. The Balaban J connectivity index is 2.70. The molecule has 0 amide bonds. The molecule has 1 rings (SSSR count). The molecule has 0 spiro atoms. The normalized spacial score (nSPS) is 20.7. The zero-order valence-electron chi connectivity index (χ0n) is 13.8. The van der Waals surface area contributed by atoms with Crippen LogP contribution in [0.15, 0.2) is 0 Å². The molecule has 0 aromatic heterocycles. The average Bonchev–Trinajstić information content (AvgIpc) is 2.48. The van der Waals surface area contributed by atoms with E-state index in [0.717, 1.165) is 6.42 Å². The van der Waals surface area contributed by atoms with Gasteiger partial charge >= 0.3 is 5.97 Å². The fourth-order valence-electron chi connectivity index (χ4n) is 3.17. The first-order valence-corrected chi connectivity index (χ1v) is 10.4. The number of hydrogen-bond donors (Lipinski definition) is 0. The maximum absolute atomic E-state index is 12.7. The summed E-state index contributed by atoms with van der Waals surface area (Å²) < 4.78 is 23.4. The lowest BCUT2D eigenvalue weighted by atomic mass is 9.83. The highest BCUT2D eigenvalue weighted by Gasteiger charge is 2.33. The predicted molar refractivity (Wildman–Crippen MR) is 86.0 cm³/mol. The zero-order valence-corrected chi connectivity index (χ0v) is 14.7. The Labute approximate surface area is 129 Å². The summed E-state index contributed by atoms with van der Waals surface area (Å²) in [4.78, 5) is 12.2. The molecule has 21 heavy (non-hydrogen) atoms. The van der Waals surface area contributed by atoms with Crippen LogP contribution in [0.25, 0.3) is 0 Å². The summed E-state index contributed by atoms with van der Waals surface area (Å²) in [6.07, 6.45) is 7.78. The van der Waals surface area contributed by atoms with Crippen LogP contribution in [0.2, 0.25) is 0 Å². The Morgan fingerprint density at radius 3 is 2.33 bits per heavy atom. The van der Waals surface area contributed by atoms with Gasteiger partial charge in [0.2, 0.25) is 7.37 Å². The molecule has 4 nitrogen and oxygen atoms in total. The van der Waals surface area contributed by atoms with Crippen molar-refractivity contribution in [2.45, 2.75) is 59.3 Å². The van der Waals surface area contributed by atoms with E-state index in [1.165, 1.54) is 32.1 Å². The number of carbonyl (C=O) groups excluding carboxylic acids is 1. The molecule has 2 atom stereocenters. The van der Waals surface area contributed by atoms with E-state index in [2.05, 4.69) is 0 Å². The van der Waals surface area contributed by atoms with Crippen LogP contribution in [0.5, 0.6) is 0 Å². The topological polar surface area (TPSA) is 52.6 Å². The second-order valence-electron chi connectivity index (χ2n) is 5.92. The minimum absolute atomic E-state index is 0.198. The second-order valence-corrected chi connectivity index (χ2v) is 8.80. The fraction of sp³-hybridized carbons (Fsp3) is 0.938. The maximum Gasteiger partial charge on any atom is 0.309 e. The van der Waals surface area contributed by atoms with Gasteiger partial charge in [-0.1, -0.05) is 39.0 Å². The van der Waals surface area contributed by atoms with Crippen molar-refractivity contribution < 1.29 is 18.6 Å². The van der Waals surface area contributed by atoms with E-state index in [-0.39, 0.29) is 11.9 Å². The summed E-state index contributed by atoms with van der Waals surface area (Å²) in [7, 11) is -2.70. The molecule has 0 heterocycles. The standard InChI is InChI=1S/C16H31O4P/c1-4-19-16(17)15(12-14-10-8-7-9-11-14)13-21(18,6-3)20-5-2/h14-15H,4-13H2,1-3H3. The molecule has 5 heteroatoms. The van der Waals surface area contributed by atoms with Gasteiger partial charge in [0.25, 0.3) is 0 Å². The molecule has 1 fully saturated rings. The summed E-state index contributed by atoms with van der Waals surface area (Å²) in [6.45, 7) is 6.36. The van der Waals surface area contributed by atoms with E-state index >= 15 is 0 Å². The quantitative estimate of drug-likeness (QED) is 0.465. The number of ether oxygens (including phenoxy) is 1. The third-order valence-corrected chi connectivity index (χ3v) is 7.00. The van der Waals surface area contributed by atoms with Crippen molar-refractivity contribution in [2.75, 3.05) is 25.5 Å². The van der Waals surface area contributed by atoms with Crippen LogP contribution in [0, 0.1) is 11.8 Å². The van der Waals surface area contributed by atoms with Crippen LogP contribution in [-0.4, -0.2) is 31.5 Å². The summed E-state index contributed by atoms with van der Waals surface area (Å²) in [5.74, 6) is 0.0990. The first-order valence-electron chi connectivity index (χ1n) is 8.43. The molecule has 0 saturated heterocycles. The fourth-order valence-corrected chi connectivity index (χ4v) is 5.16. The van der Waals surface area contributed by atoms with Crippen LogP contribution in [0.1, 0.15) is 59.3 Å². The molecular weight excluding hydrogens is 287 g/mol. The maximum atomic E-state index is 12.7. The predicted octanol–water partition coefficient (Wildman–Crippen LogP) is 4.47. The molecule has 1 aliphatic carbocycles. The average molecular weight is 318 g/mol. The van der Waals surface area contributed by atoms with Crippen LogP contribution < -0.4 is 0 Å². The van der Waals surface area contributed by atoms with Crippen LogP contribution >= 0.6 is 7.37 Å². The van der Waals surface area contributed by atoms with E-state index in [1.54, 1.807) is 0 Å². The molecule has 0 aromatic carbocycles. The lowest BCUT2D eigenvalue weighted by Gasteiger charge is -2.27. The van der Waals surface area contributed by atoms with Gasteiger partial charge in [-0.2, -0.15) is 0 Å². The molecule has 2 unspecified atom stereocenters. The summed E-state index contributed by atoms with van der Waals surface area (Å²) in [5, 5.41) is 0. The van der Waals surface area contributed by atoms with Crippen molar-refractivity contribution in [1.82, 2.24) is 0 Å². The number of hydrogen-bond acceptors (Lipinski definition) is 4. The lowest BCUT2D eigenvalue weighted by Crippen LogP contribution is -2.26. The van der Waals surface area contributed by atoms with Crippen molar-refractivity contribution in [3.05, 3.63) is 0 Å². The molecule has 0 radical (unpaired) electrons. The highest BCUT2D eigenvalue weighted by Crippen LogP contribution is 2.49. The number of rotatable bonds is 9. The minimum Gasteiger partial charge on any atom is -0.466 e. The van der Waals surface area contributed by atoms with Crippen LogP contribution in [-0.2, 0) is 18.6 Å². The van der Waals surface area contributed by atoms with Gasteiger partial charge < -0.3 is 9.26 Å². The van der Waals surface area contributed by atoms with Gasteiger partial charge in [-0.25, -0.2) is 0 Å². The third kappa shape index (κ3) is 6.52.